The van der Waals surface area contributed by atoms with Crippen molar-refractivity contribution in [2.75, 3.05) is 0 Å². The number of para-hydroxylation sites is 1. The number of carbonyl (C=O) groups excluding carboxylic acids is 1. The molecule has 2 aromatic carbocycles. The zero-order valence-electron chi connectivity index (χ0n) is 13.9. The van der Waals surface area contributed by atoms with Crippen LogP contribution in [0, 0.1) is 11.3 Å². The van der Waals surface area contributed by atoms with Crippen LogP contribution >= 0.6 is 22.9 Å². The number of nitrogens with one attached hydrogen (secondary N) is 1. The summed E-state index contributed by atoms with van der Waals surface area (Å²) < 4.78 is 0. The van der Waals surface area contributed by atoms with Gasteiger partial charge in [-0.15, -0.1) is 11.3 Å². The molecule has 0 aliphatic rings. The van der Waals surface area contributed by atoms with E-state index in [-0.39, 0.29) is 11.4 Å². The third kappa shape index (κ3) is 3.41. The highest BCUT2D eigenvalue weighted by Gasteiger charge is 2.17. The Kier molecular flexibility index (Phi) is 4.59. The predicted molar refractivity (Wildman–Crippen MR) is 109 cm³/mol. The molecule has 0 radical (unpaired) electrons. The maximum atomic E-state index is 12.8. The molecular weight excluding hydrogens is 378 g/mol. The number of benzene rings is 2. The summed E-state index contributed by atoms with van der Waals surface area (Å²) in [6.45, 7) is 0. The lowest BCUT2D eigenvalue weighted by molar-refractivity contribution is 0.104. The molecule has 0 bridgehead atoms. The molecule has 0 saturated carbocycles. The fraction of sp³-hybridized carbons (Fsp3) is 0. The van der Waals surface area contributed by atoms with Crippen molar-refractivity contribution >= 4 is 45.7 Å². The maximum Gasteiger partial charge on any atom is 0.205 e. The number of rotatable bonds is 4. The van der Waals surface area contributed by atoms with E-state index in [0.29, 0.717) is 16.3 Å². The van der Waals surface area contributed by atoms with Gasteiger partial charge < -0.3 is 4.98 Å². The molecule has 0 fully saturated rings. The molecule has 0 amide bonds. The third-order valence-corrected chi connectivity index (χ3v) is 5.27. The van der Waals surface area contributed by atoms with E-state index in [1.54, 1.807) is 18.3 Å². The van der Waals surface area contributed by atoms with Gasteiger partial charge in [-0.3, -0.25) is 4.79 Å². The molecule has 6 heteroatoms. The first kappa shape index (κ1) is 17.2. The number of allylic oxidation sites excluding steroid dienone is 1. The lowest BCUT2D eigenvalue weighted by Crippen LogP contribution is -2.01. The van der Waals surface area contributed by atoms with Crippen LogP contribution in [0.2, 0.25) is 5.02 Å². The number of Topliss-reactive ketones (excluding diaryl/α,β-unsaturated/α-hetero) is 1. The highest BCUT2D eigenvalue weighted by atomic mass is 35.5. The minimum absolute atomic E-state index is 0.0488. The van der Waals surface area contributed by atoms with Crippen molar-refractivity contribution in [1.82, 2.24) is 9.97 Å². The third-order valence-electron chi connectivity index (χ3n) is 4.10. The molecule has 0 atom stereocenters. The SMILES string of the molecule is N#C/C(=C\c1csc(-c2ccc(Cl)cc2)n1)C(=O)c1c[nH]c2ccccc12. The van der Waals surface area contributed by atoms with Gasteiger partial charge in [-0.2, -0.15) is 5.26 Å². The Labute approximate surface area is 164 Å². The van der Waals surface area contributed by atoms with Crippen molar-refractivity contribution in [2.45, 2.75) is 0 Å². The van der Waals surface area contributed by atoms with E-state index < -0.39 is 0 Å². The molecule has 0 unspecified atom stereocenters. The molecule has 4 aromatic rings. The number of hydrogen-bond donors (Lipinski definition) is 1. The van der Waals surface area contributed by atoms with E-state index in [1.165, 1.54) is 17.4 Å². The Hall–Kier alpha value is -3.20. The van der Waals surface area contributed by atoms with Crippen LogP contribution in [0.1, 0.15) is 16.1 Å². The van der Waals surface area contributed by atoms with E-state index >= 15 is 0 Å². The van der Waals surface area contributed by atoms with Crippen LogP contribution in [0.5, 0.6) is 0 Å². The largest absolute Gasteiger partial charge is 0.360 e. The van der Waals surface area contributed by atoms with Gasteiger partial charge in [-0.25, -0.2) is 4.98 Å². The topological polar surface area (TPSA) is 69.5 Å². The quantitative estimate of drug-likeness (QED) is 0.275. The van der Waals surface area contributed by atoms with E-state index in [4.69, 9.17) is 11.6 Å². The maximum absolute atomic E-state index is 12.8. The number of H-pyrrole nitrogens is 1. The number of ketones is 1. The summed E-state index contributed by atoms with van der Waals surface area (Å²) in [5.74, 6) is -0.323. The van der Waals surface area contributed by atoms with Crippen LogP contribution < -0.4 is 0 Å². The first-order chi connectivity index (χ1) is 13.2. The molecule has 130 valence electrons. The molecule has 4 nitrogen and oxygen atoms in total. The summed E-state index contributed by atoms with van der Waals surface area (Å²) in [5.41, 5.74) is 2.90. The number of nitriles is 1. The van der Waals surface area contributed by atoms with Gasteiger partial charge in [0.05, 0.1) is 5.69 Å². The van der Waals surface area contributed by atoms with Gasteiger partial charge in [-0.05, 0) is 24.3 Å². The standard InChI is InChI=1S/C21H12ClN3OS/c22-15-7-5-13(6-8-15)21-25-16(12-27-21)9-14(10-23)20(26)18-11-24-19-4-2-1-3-17(18)19/h1-9,11-12,24H/b14-9+. The van der Waals surface area contributed by atoms with Gasteiger partial charge in [0, 0.05) is 38.6 Å². The highest BCUT2D eigenvalue weighted by molar-refractivity contribution is 7.13. The van der Waals surface area contributed by atoms with Gasteiger partial charge in [0.25, 0.3) is 0 Å². The molecule has 1 N–H and O–H groups in total. The molecule has 0 spiro atoms. The smallest absolute Gasteiger partial charge is 0.205 e. The van der Waals surface area contributed by atoms with Crippen molar-refractivity contribution in [3.8, 4) is 16.6 Å². The summed E-state index contributed by atoms with van der Waals surface area (Å²) >= 11 is 7.36. The fourth-order valence-electron chi connectivity index (χ4n) is 2.78. The highest BCUT2D eigenvalue weighted by Crippen LogP contribution is 2.27. The number of aromatic nitrogens is 2. The van der Waals surface area contributed by atoms with E-state index in [9.17, 15) is 10.1 Å². The van der Waals surface area contributed by atoms with Crippen LogP contribution in [0.3, 0.4) is 0 Å². The number of aromatic amines is 1. The zero-order valence-corrected chi connectivity index (χ0v) is 15.5. The minimum Gasteiger partial charge on any atom is -0.360 e. The minimum atomic E-state index is -0.323. The van der Waals surface area contributed by atoms with Crippen LogP contribution in [-0.4, -0.2) is 15.8 Å². The number of fused-ring (bicyclic) bond motifs is 1. The average Bonchev–Trinajstić information content (AvgIpc) is 3.33. The van der Waals surface area contributed by atoms with Gasteiger partial charge >= 0.3 is 0 Å². The molecule has 0 aliphatic carbocycles. The number of nitrogens with zero attached hydrogens (tertiary/aromatic N) is 2. The Morgan fingerprint density at radius 3 is 2.74 bits per heavy atom. The van der Waals surface area contributed by atoms with E-state index in [0.717, 1.165) is 21.5 Å². The van der Waals surface area contributed by atoms with Crippen LogP contribution in [-0.2, 0) is 0 Å². The molecule has 27 heavy (non-hydrogen) atoms. The second kappa shape index (κ2) is 7.20. The first-order valence-electron chi connectivity index (χ1n) is 8.10. The summed E-state index contributed by atoms with van der Waals surface area (Å²) in [4.78, 5) is 20.4. The predicted octanol–water partition coefficient (Wildman–Crippen LogP) is 5.73. The van der Waals surface area contributed by atoms with Crippen LogP contribution in [0.25, 0.3) is 27.6 Å². The van der Waals surface area contributed by atoms with Crippen molar-refractivity contribution in [3.05, 3.63) is 82.0 Å². The van der Waals surface area contributed by atoms with E-state index in [2.05, 4.69) is 9.97 Å². The van der Waals surface area contributed by atoms with Crippen LogP contribution in [0.4, 0.5) is 0 Å². The monoisotopic (exact) mass is 389 g/mol. The Bertz CT molecular complexity index is 1210. The van der Waals surface area contributed by atoms with Crippen molar-refractivity contribution in [3.63, 3.8) is 0 Å². The van der Waals surface area contributed by atoms with Gasteiger partial charge in [0.1, 0.15) is 16.6 Å². The number of carbonyl (C=O) groups is 1. The first-order valence-corrected chi connectivity index (χ1v) is 9.35. The van der Waals surface area contributed by atoms with Crippen molar-refractivity contribution < 1.29 is 4.79 Å². The second-order valence-electron chi connectivity index (χ2n) is 5.83. The average molecular weight is 390 g/mol. The number of hydrogen-bond acceptors (Lipinski definition) is 4. The normalized spacial score (nSPS) is 11.5. The molecule has 0 aliphatic heterocycles. The van der Waals surface area contributed by atoms with Crippen LogP contribution in [0.15, 0.2) is 65.7 Å². The Balaban J connectivity index is 1.67. The summed E-state index contributed by atoms with van der Waals surface area (Å²) in [7, 11) is 0. The molecule has 0 saturated heterocycles. The Morgan fingerprint density at radius 2 is 1.96 bits per heavy atom. The lowest BCUT2D eigenvalue weighted by Gasteiger charge is -1.97. The van der Waals surface area contributed by atoms with Gasteiger partial charge in [-0.1, -0.05) is 41.9 Å². The fourth-order valence-corrected chi connectivity index (χ4v) is 3.69. The zero-order chi connectivity index (χ0) is 18.8. The van der Waals surface area contributed by atoms with Crippen molar-refractivity contribution in [2.24, 2.45) is 0 Å². The summed E-state index contributed by atoms with van der Waals surface area (Å²) in [6.07, 6.45) is 3.17. The lowest BCUT2D eigenvalue weighted by atomic mass is 10.0. The Morgan fingerprint density at radius 1 is 1.19 bits per heavy atom. The summed E-state index contributed by atoms with van der Waals surface area (Å²) in [5, 5.41) is 13.6. The summed E-state index contributed by atoms with van der Waals surface area (Å²) in [6, 6.07) is 16.9. The second-order valence-corrected chi connectivity index (χ2v) is 7.13. The molecule has 2 heterocycles. The number of thiazole rings is 1. The van der Waals surface area contributed by atoms with Gasteiger partial charge in [0.15, 0.2) is 0 Å². The van der Waals surface area contributed by atoms with Gasteiger partial charge in [0.2, 0.25) is 5.78 Å². The number of halogens is 1. The van der Waals surface area contributed by atoms with E-state index in [1.807, 2.05) is 47.8 Å². The molecule has 4 rings (SSSR count). The van der Waals surface area contributed by atoms with Crippen molar-refractivity contribution in [1.29, 1.82) is 5.26 Å². The molecular formula is C21H12ClN3OS. The molecule has 2 aromatic heterocycles.